The number of alkyl halides is 12. The van der Waals surface area contributed by atoms with E-state index in [4.69, 9.17) is 56.6 Å². The minimum atomic E-state index is -4.71. The second-order valence-electron chi connectivity index (χ2n) is 20.6. The molecule has 0 aliphatic rings. The number of carbonyl (C=O) groups is 4. The summed E-state index contributed by atoms with van der Waals surface area (Å²) >= 11 is 23.5. The van der Waals surface area contributed by atoms with E-state index in [1.165, 1.54) is 24.8 Å². The smallest absolute Gasteiger partial charge is 0.870 e. The van der Waals surface area contributed by atoms with E-state index in [-0.39, 0.29) is 76.5 Å². The standard InChI is InChI=1S/2C16H11ClF3N3O2.2C15H9ClF3N3O2.2CH4.Li.2H2O/c1-25-15(24)13-6-14(16(18,19)20)22-23(13)8-9-2-3-12-10(4-9)5-11(17)7-21-12;1-25-15(24)13-6-14(16(18,19)20)23(22-13)8-9-2-3-12-10(4-9)5-11(17)7-21-12;16-10-4-9-3-8(1-2-11(9)20-6-10)7-22-12(14(23)24)5-13(21-22)15(17,18)19;16-10-4-9-3-8(1-2-11(9)20-6-10)7-22-13(15(17,18)19)5-12(21-22)14(23)24;;;;;/h2*2-7H,8H2,1H3;2*1-6H,7H2,(H,23,24);2*1H4;;2*1H2/q;;;;;;+1;;/p-1. The van der Waals surface area contributed by atoms with Crippen LogP contribution in [0.5, 0.6) is 0 Å². The number of hydrogen-bond acceptors (Lipinski definition) is 15. The molecule has 4 aromatic carbocycles. The number of pyridine rings is 4. The zero-order chi connectivity index (χ0) is 71.3. The number of rotatable bonds is 12. The molecule has 22 nitrogen and oxygen atoms in total. The Balaban J connectivity index is 0.000000286. The Morgan fingerprint density at radius 3 is 0.981 bits per heavy atom. The van der Waals surface area contributed by atoms with Crippen LogP contribution in [-0.2, 0) is 60.4 Å². The molecule has 0 amide bonds. The van der Waals surface area contributed by atoms with Gasteiger partial charge in [-0.2, -0.15) is 73.1 Å². The van der Waals surface area contributed by atoms with Gasteiger partial charge in [0.25, 0.3) is 0 Å². The predicted molar refractivity (Wildman–Crippen MR) is 348 cm³/mol. The van der Waals surface area contributed by atoms with Gasteiger partial charge in [-0.25, -0.2) is 19.2 Å². The summed E-state index contributed by atoms with van der Waals surface area (Å²) in [7, 11) is 2.17. The van der Waals surface area contributed by atoms with Crippen molar-refractivity contribution in [3.8, 4) is 0 Å². The van der Waals surface area contributed by atoms with Crippen LogP contribution in [0.1, 0.15) is 102 Å². The molecule has 540 valence electrons. The minimum absolute atomic E-state index is 0. The van der Waals surface area contributed by atoms with E-state index in [9.17, 15) is 71.9 Å². The van der Waals surface area contributed by atoms with Crippen molar-refractivity contribution in [1.29, 1.82) is 0 Å². The van der Waals surface area contributed by atoms with Crippen molar-refractivity contribution < 1.29 is 121 Å². The van der Waals surface area contributed by atoms with Gasteiger partial charge in [-0.3, -0.25) is 38.7 Å². The fourth-order valence-corrected chi connectivity index (χ4v) is 10.00. The monoisotopic (exact) mass is 1520 g/mol. The number of halogens is 16. The number of carbonyl (C=O) groups excluding carboxylic acids is 2. The summed E-state index contributed by atoms with van der Waals surface area (Å²) in [6.07, 6.45) is -12.8. The summed E-state index contributed by atoms with van der Waals surface area (Å²) in [6, 6.07) is 29.1. The maximum absolute atomic E-state index is 13.2. The Kier molecular flexibility index (Phi) is 28.9. The minimum Gasteiger partial charge on any atom is -0.870 e. The van der Waals surface area contributed by atoms with E-state index in [1.54, 1.807) is 97.1 Å². The summed E-state index contributed by atoms with van der Waals surface area (Å²) in [6.45, 7) is -0.567. The fourth-order valence-electron chi connectivity index (χ4n) is 9.33. The first kappa shape index (κ1) is 85.5. The summed E-state index contributed by atoms with van der Waals surface area (Å²) in [4.78, 5) is 61.8. The van der Waals surface area contributed by atoms with Gasteiger partial charge < -0.3 is 30.6 Å². The fraction of sp³-hybridized carbons (Fsp3) is 0.188. The van der Waals surface area contributed by atoms with Crippen molar-refractivity contribution in [2.45, 2.75) is 65.7 Å². The third-order valence-electron chi connectivity index (χ3n) is 13.7. The molecule has 0 fully saturated rings. The predicted octanol–water partition coefficient (Wildman–Crippen LogP) is 12.9. The van der Waals surface area contributed by atoms with Gasteiger partial charge in [0, 0.05) is 70.6 Å². The zero-order valence-corrected chi connectivity index (χ0v) is 54.4. The van der Waals surface area contributed by atoms with E-state index < -0.39 is 88.4 Å². The van der Waals surface area contributed by atoms with Gasteiger partial charge in [-0.1, -0.05) is 85.5 Å². The molecular formula is C64H51Cl4F12LiN12O10. The van der Waals surface area contributed by atoms with Crippen LogP contribution in [0.25, 0.3) is 43.6 Å². The number of benzene rings is 4. The molecule has 0 saturated heterocycles. The van der Waals surface area contributed by atoms with Crippen LogP contribution in [0.3, 0.4) is 0 Å². The average molecular weight is 1520 g/mol. The largest absolute Gasteiger partial charge is 1.00 e. The van der Waals surface area contributed by atoms with Crippen LogP contribution in [0, 0.1) is 0 Å². The number of carboxylic acids is 2. The maximum Gasteiger partial charge on any atom is 1.00 e. The number of ether oxygens (including phenoxy) is 2. The molecule has 0 aliphatic heterocycles. The normalized spacial score (nSPS) is 11.2. The molecule has 0 unspecified atom stereocenters. The van der Waals surface area contributed by atoms with Gasteiger partial charge in [0.15, 0.2) is 22.8 Å². The van der Waals surface area contributed by atoms with E-state index in [2.05, 4.69) is 49.8 Å². The molecule has 12 rings (SSSR count). The summed E-state index contributed by atoms with van der Waals surface area (Å²) in [5.41, 5.74) is -1.48. The van der Waals surface area contributed by atoms with E-state index in [0.717, 1.165) is 33.7 Å². The molecule has 0 saturated carbocycles. The van der Waals surface area contributed by atoms with Gasteiger partial charge in [0.1, 0.15) is 22.8 Å². The van der Waals surface area contributed by atoms with Crippen molar-refractivity contribution in [2.75, 3.05) is 14.2 Å². The first-order valence-corrected chi connectivity index (χ1v) is 28.9. The summed E-state index contributed by atoms with van der Waals surface area (Å²) < 4.78 is 168. The molecule has 5 N–H and O–H groups in total. The Labute approximate surface area is 605 Å². The van der Waals surface area contributed by atoms with Crippen molar-refractivity contribution in [3.63, 3.8) is 0 Å². The summed E-state index contributed by atoms with van der Waals surface area (Å²) in [5.74, 6) is -4.83. The Morgan fingerprint density at radius 1 is 0.398 bits per heavy atom. The Bertz CT molecular complexity index is 5030. The van der Waals surface area contributed by atoms with Crippen molar-refractivity contribution in [3.05, 3.63) is 234 Å². The number of fused-ring (bicyclic) bond motifs is 4. The van der Waals surface area contributed by atoms with Crippen LogP contribution in [0.4, 0.5) is 52.7 Å². The van der Waals surface area contributed by atoms with Crippen molar-refractivity contribution in [1.82, 2.24) is 59.1 Å². The molecule has 8 aromatic heterocycles. The molecule has 0 aliphatic carbocycles. The van der Waals surface area contributed by atoms with Crippen molar-refractivity contribution in [2.24, 2.45) is 0 Å². The number of hydrogen-bond donors (Lipinski definition) is 2. The topological polar surface area (TPSA) is 312 Å². The zero-order valence-electron chi connectivity index (χ0n) is 51.4. The van der Waals surface area contributed by atoms with Gasteiger partial charge in [0.05, 0.1) is 82.6 Å². The van der Waals surface area contributed by atoms with Crippen LogP contribution < -0.4 is 18.9 Å². The van der Waals surface area contributed by atoms with Gasteiger partial charge >= 0.3 is 67.4 Å². The Hall–Kier alpha value is -9.92. The first-order chi connectivity index (χ1) is 46.0. The van der Waals surface area contributed by atoms with Crippen LogP contribution in [0.15, 0.2) is 146 Å². The average Bonchev–Trinajstić information content (AvgIpc) is 1.75. The third-order valence-corrected chi connectivity index (χ3v) is 14.5. The van der Waals surface area contributed by atoms with Gasteiger partial charge in [-0.05, 0) is 95.1 Å². The van der Waals surface area contributed by atoms with E-state index in [1.807, 2.05) is 0 Å². The molecule has 39 heteroatoms. The van der Waals surface area contributed by atoms with Gasteiger partial charge in [-0.15, -0.1) is 0 Å². The number of aromatic nitrogens is 12. The molecular weight excluding hydrogens is 1470 g/mol. The number of methoxy groups -OCH3 is 2. The SMILES string of the molecule is C.C.COC(=O)c1cc(C(F)(F)F)n(Cc2ccc3ncc(Cl)cc3c2)n1.COC(=O)c1cc(C(F)(F)F)nn1Cc1ccc2ncc(Cl)cc2c1.O.O=C(O)c1cc(C(F)(F)F)n(Cc2ccc3ncc(Cl)cc3c2)n1.O=C(O)c1cc(C(F)(F)F)nn1Cc1ccc2ncc(Cl)cc2c1.[Li+].[OH-]. The molecule has 0 radical (unpaired) electrons. The number of aromatic carboxylic acids is 2. The van der Waals surface area contributed by atoms with Crippen LogP contribution >= 0.6 is 46.4 Å². The Morgan fingerprint density at radius 2 is 0.689 bits per heavy atom. The quantitative estimate of drug-likeness (QED) is 0.0652. The van der Waals surface area contributed by atoms with Gasteiger partial charge in [0.2, 0.25) is 0 Å². The number of carboxylic acid groups (broad SMARTS) is 2. The maximum atomic E-state index is 13.2. The molecule has 0 spiro atoms. The number of esters is 2. The van der Waals surface area contributed by atoms with Crippen LogP contribution in [-0.4, -0.2) is 118 Å². The van der Waals surface area contributed by atoms with Crippen LogP contribution in [0.2, 0.25) is 20.1 Å². The number of nitrogens with zero attached hydrogens (tertiary/aromatic N) is 12. The summed E-state index contributed by atoms with van der Waals surface area (Å²) in [5, 5.41) is 36.5. The molecule has 0 atom stereocenters. The molecule has 103 heavy (non-hydrogen) atoms. The molecule has 0 bridgehead atoms. The van der Waals surface area contributed by atoms with E-state index >= 15 is 0 Å². The third kappa shape index (κ3) is 21.6. The second-order valence-corrected chi connectivity index (χ2v) is 22.3. The second kappa shape index (κ2) is 34.8. The molecule has 12 aromatic rings. The van der Waals surface area contributed by atoms with Crippen molar-refractivity contribution >= 4 is 114 Å². The first-order valence-electron chi connectivity index (χ1n) is 27.4. The van der Waals surface area contributed by atoms with E-state index in [0.29, 0.717) is 110 Å². The molecule has 8 heterocycles.